The minimum atomic E-state index is -2.96. The Bertz CT molecular complexity index is 1140. The van der Waals surface area contributed by atoms with Crippen molar-refractivity contribution in [2.45, 2.75) is 60.4 Å². The van der Waals surface area contributed by atoms with Crippen LogP contribution in [0.1, 0.15) is 0 Å². The van der Waals surface area contributed by atoms with Gasteiger partial charge in [0.25, 0.3) is 0 Å². The van der Waals surface area contributed by atoms with Crippen molar-refractivity contribution in [2.24, 2.45) is 0 Å². The van der Waals surface area contributed by atoms with Crippen molar-refractivity contribution in [3.05, 3.63) is 30.3 Å². The van der Waals surface area contributed by atoms with Gasteiger partial charge >= 0.3 is 116 Å². The predicted octanol–water partition coefficient (Wildman–Crippen LogP) is 5.57. The molecule has 10 saturated heterocycles. The van der Waals surface area contributed by atoms with E-state index in [1.807, 2.05) is 0 Å². The summed E-state index contributed by atoms with van der Waals surface area (Å²) in [5, 5.41) is 0. The monoisotopic (exact) mass is 336 g/mol. The molecule has 0 aromatic heterocycles. The maximum atomic E-state index is 6.90. The van der Waals surface area contributed by atoms with Crippen molar-refractivity contribution in [2.75, 3.05) is 0 Å². The summed E-state index contributed by atoms with van der Waals surface area (Å²) in [6, 6.07) is 10.8. The molecule has 110 valence electrons. The minimum absolute atomic E-state index is 0.960. The van der Waals surface area contributed by atoms with Crippen LogP contribution < -0.4 is 4.43 Å². The zero-order valence-electron chi connectivity index (χ0n) is 12.3. The summed E-state index contributed by atoms with van der Waals surface area (Å²) < 4.78 is 7.86. The Labute approximate surface area is 115 Å². The van der Waals surface area contributed by atoms with Crippen molar-refractivity contribution in [1.82, 2.24) is 0 Å². The molecule has 1 spiro atoms. The Kier molecular flexibility index (Phi) is 0.329. The number of hydrogen-bond acceptors (Lipinski definition) is 1. The van der Waals surface area contributed by atoms with E-state index in [0.29, 0.717) is 0 Å². The first-order chi connectivity index (χ1) is 9.87. The number of hydrogen-bond donors (Lipinski definition) is 0. The van der Waals surface area contributed by atoms with Gasteiger partial charge in [-0.3, -0.25) is 0 Å². The van der Waals surface area contributed by atoms with Crippen LogP contribution in [0.5, 0.6) is 5.75 Å². The van der Waals surface area contributed by atoms with E-state index in [2.05, 4.69) is 43.4 Å². The van der Waals surface area contributed by atoms with Gasteiger partial charge in [-0.05, 0) is 0 Å². The Balaban J connectivity index is 1.29. The second kappa shape index (κ2) is 0.808. The molecule has 10 aliphatic rings. The van der Waals surface area contributed by atoms with E-state index in [1.54, 1.807) is 0 Å². The fraction of sp³-hybridized carbons (Fsp3) is 0.667. The summed E-state index contributed by atoms with van der Waals surface area (Å²) in [5.74, 6) is 1.19. The van der Waals surface area contributed by atoms with Crippen LogP contribution in [-0.2, 0) is 6.51 Å². The van der Waals surface area contributed by atoms with Crippen molar-refractivity contribution >= 4 is 8.32 Å². The topological polar surface area (TPSA) is 9.23 Å². The zero-order chi connectivity index (χ0) is 13.3. The molecule has 10 fully saturated rings. The first-order valence-electron chi connectivity index (χ1n) is 8.83. The van der Waals surface area contributed by atoms with Gasteiger partial charge in [-0.1, -0.05) is 0 Å². The Hall–Kier alpha value is -0.244. The van der Waals surface area contributed by atoms with E-state index in [-0.39, 0.29) is 0 Å². The molecule has 4 unspecified atom stereocenters. The SMILES string of the molecule is C[Si](C)(Oc1ccccc1)[C]12[CH]3[CH]4[CH]5[CH]1[Fe]45321678[CH]2[CH]1[CH]6[CH]7[CH]28. The van der Waals surface area contributed by atoms with E-state index in [0.717, 1.165) is 3.94 Å². The number of benzene rings is 1. The van der Waals surface area contributed by atoms with Crippen LogP contribution in [-0.4, -0.2) is 8.32 Å². The first-order valence-corrected chi connectivity index (χ1v) is 18.0. The molecule has 0 radical (unpaired) electrons. The van der Waals surface area contributed by atoms with Crippen LogP contribution in [0.25, 0.3) is 0 Å². The molecular formula is C18H20FeOSi. The summed E-state index contributed by atoms with van der Waals surface area (Å²) in [4.78, 5) is 12.8. The maximum absolute atomic E-state index is 6.90. The molecule has 10 aliphatic heterocycles. The van der Waals surface area contributed by atoms with Gasteiger partial charge in [-0.2, -0.15) is 0 Å². The third-order valence-corrected chi connectivity index (χ3v) is 68.3. The third-order valence-electron chi connectivity index (χ3n) is 16.7. The van der Waals surface area contributed by atoms with Gasteiger partial charge in [0.2, 0.25) is 0 Å². The average molecular weight is 336 g/mol. The summed E-state index contributed by atoms with van der Waals surface area (Å²) >= 11 is 0. The molecule has 4 atom stereocenters. The van der Waals surface area contributed by atoms with Gasteiger partial charge in [0.15, 0.2) is 0 Å². The van der Waals surface area contributed by atoms with Gasteiger partial charge in [0.05, 0.1) is 0 Å². The molecule has 0 amide bonds. The molecule has 1 aromatic carbocycles. The predicted molar refractivity (Wildman–Crippen MR) is 81.0 cm³/mol. The molecular weight excluding hydrogens is 316 g/mol. The second-order valence-corrected chi connectivity index (χ2v) is 40.7. The van der Waals surface area contributed by atoms with Gasteiger partial charge < -0.3 is 0 Å². The van der Waals surface area contributed by atoms with Crippen LogP contribution in [0.3, 0.4) is 0 Å². The van der Waals surface area contributed by atoms with Gasteiger partial charge in [0, 0.05) is 0 Å². The third kappa shape index (κ3) is 0.113. The Morgan fingerprint density at radius 1 is 0.857 bits per heavy atom. The summed E-state index contributed by atoms with van der Waals surface area (Å²) in [6.45, 7) is 2.32. The summed E-state index contributed by atoms with van der Waals surface area (Å²) in [6.07, 6.45) is 0. The summed E-state index contributed by atoms with van der Waals surface area (Å²) in [5.41, 5.74) is 0. The number of fused-ring (bicyclic) bond motifs is 10. The molecule has 0 aliphatic carbocycles. The average Bonchev–Trinajstić information content (AvgIpc) is 3.40. The molecule has 3 heteroatoms. The van der Waals surface area contributed by atoms with E-state index in [9.17, 15) is 0 Å². The van der Waals surface area contributed by atoms with Gasteiger partial charge in [-0.15, -0.1) is 0 Å². The Morgan fingerprint density at radius 2 is 1.38 bits per heavy atom. The van der Waals surface area contributed by atoms with Crippen LogP contribution in [0, 0.1) is 0 Å². The summed E-state index contributed by atoms with van der Waals surface area (Å²) in [7, 11) is -1.59. The molecule has 10 heterocycles. The van der Waals surface area contributed by atoms with E-state index in [4.69, 9.17) is 4.43 Å². The molecule has 11 rings (SSSR count). The van der Waals surface area contributed by atoms with E-state index in [1.165, 1.54) is 49.1 Å². The fourth-order valence-electron chi connectivity index (χ4n) is 18.8. The quantitative estimate of drug-likeness (QED) is 0.656. The molecule has 21 heavy (non-hydrogen) atoms. The second-order valence-electron chi connectivity index (χ2n) is 12.6. The molecule has 0 bridgehead atoms. The zero-order valence-corrected chi connectivity index (χ0v) is 14.4. The molecule has 1 aromatic rings. The van der Waals surface area contributed by atoms with Gasteiger partial charge in [-0.25, -0.2) is 0 Å². The van der Waals surface area contributed by atoms with Crippen LogP contribution >= 0.6 is 0 Å². The Morgan fingerprint density at radius 3 is 1.76 bits per heavy atom. The standard InChI is InChI=1S/C13H15OSi.C5H5.Fe/c1-15(2,13-10-6-7-11-13)14-12-8-4-3-5-9-12;1-2-4-5-3-1;/h3-11H,1-2H3;1-5H;. The van der Waals surface area contributed by atoms with Crippen molar-refractivity contribution in [1.29, 1.82) is 0 Å². The first kappa shape index (κ1) is 8.56. The van der Waals surface area contributed by atoms with Crippen molar-refractivity contribution < 1.29 is 10.9 Å². The van der Waals surface area contributed by atoms with Crippen LogP contribution in [0.2, 0.25) is 60.4 Å². The van der Waals surface area contributed by atoms with Crippen LogP contribution in [0.4, 0.5) is 0 Å². The van der Waals surface area contributed by atoms with E-state index < -0.39 is 14.8 Å². The number of para-hydroxylation sites is 1. The normalized spacial score (nSPS) is 99.2. The van der Waals surface area contributed by atoms with Crippen molar-refractivity contribution in [3.8, 4) is 5.75 Å². The molecule has 1 nitrogen and oxygen atoms in total. The number of rotatable bonds is 3. The van der Waals surface area contributed by atoms with Crippen LogP contribution in [0.15, 0.2) is 30.3 Å². The fourth-order valence-corrected chi connectivity index (χ4v) is 117. The molecule has 0 N–H and O–H groups in total. The van der Waals surface area contributed by atoms with Gasteiger partial charge in [0.1, 0.15) is 0 Å². The molecule has 0 saturated carbocycles. The van der Waals surface area contributed by atoms with Crippen molar-refractivity contribution in [3.63, 3.8) is 0 Å². The van der Waals surface area contributed by atoms with E-state index >= 15 is 0 Å².